The number of aromatic nitrogens is 1. The number of halogens is 6. The van der Waals surface area contributed by atoms with E-state index in [1.807, 2.05) is 13.8 Å². The van der Waals surface area contributed by atoms with E-state index < -0.39 is 34.2 Å². The monoisotopic (exact) mass is 651 g/mol. The van der Waals surface area contributed by atoms with Gasteiger partial charge in [0.2, 0.25) is 0 Å². The highest BCUT2D eigenvalue weighted by atomic mass is 32.2. The van der Waals surface area contributed by atoms with Crippen molar-refractivity contribution in [2.24, 2.45) is 0 Å². The summed E-state index contributed by atoms with van der Waals surface area (Å²) in [5.41, 5.74) is 2.24. The van der Waals surface area contributed by atoms with Gasteiger partial charge in [0.1, 0.15) is 17.5 Å². The molecule has 0 radical (unpaired) electrons. The molecule has 5 rings (SSSR count). The van der Waals surface area contributed by atoms with Gasteiger partial charge in [-0.3, -0.25) is 5.01 Å². The van der Waals surface area contributed by atoms with Gasteiger partial charge in [0, 0.05) is 36.5 Å². The van der Waals surface area contributed by atoms with E-state index in [2.05, 4.69) is 9.72 Å². The maximum atomic E-state index is 13.8. The van der Waals surface area contributed by atoms with Crippen LogP contribution in [0.25, 0.3) is 33.7 Å². The molecule has 0 saturated heterocycles. The highest BCUT2D eigenvalue weighted by molar-refractivity contribution is 7.90. The van der Waals surface area contributed by atoms with Gasteiger partial charge in [-0.1, -0.05) is 32.0 Å². The lowest BCUT2D eigenvalue weighted by atomic mass is 9.98. The maximum absolute atomic E-state index is 13.8. The molecule has 0 amide bonds. The highest BCUT2D eigenvalue weighted by Gasteiger charge is 2.45. The van der Waals surface area contributed by atoms with E-state index in [0.29, 0.717) is 22.3 Å². The Morgan fingerprint density at radius 3 is 2.13 bits per heavy atom. The fourth-order valence-corrected chi connectivity index (χ4v) is 5.54. The van der Waals surface area contributed by atoms with Gasteiger partial charge in [-0.2, -0.15) is 13.2 Å². The fraction of sp³-hybridized carbons (Fsp3) is 0.258. The number of hydrogen-bond donors (Lipinski definition) is 0. The number of hydrogen-bond acceptors (Lipinski definition) is 7. The van der Waals surface area contributed by atoms with E-state index in [9.17, 15) is 34.8 Å². The van der Waals surface area contributed by atoms with Gasteiger partial charge < -0.3 is 9.15 Å². The van der Waals surface area contributed by atoms with E-state index in [-0.39, 0.29) is 33.8 Å². The van der Waals surface area contributed by atoms with Crippen LogP contribution in [0.1, 0.15) is 25.7 Å². The Bertz CT molecular complexity index is 1850. The minimum Gasteiger partial charge on any atom is -0.440 e. The van der Waals surface area contributed by atoms with Crippen LogP contribution in [-0.2, 0) is 9.84 Å². The first-order valence-corrected chi connectivity index (χ1v) is 15.4. The molecule has 4 aromatic rings. The zero-order chi connectivity index (χ0) is 32.9. The summed E-state index contributed by atoms with van der Waals surface area (Å²) in [7, 11) is -2.26. The van der Waals surface area contributed by atoms with Crippen LogP contribution in [0.5, 0.6) is 5.75 Å². The summed E-state index contributed by atoms with van der Waals surface area (Å²) < 4.78 is 114. The van der Waals surface area contributed by atoms with Crippen molar-refractivity contribution in [1.82, 2.24) is 9.99 Å². The Hall–Kier alpha value is -4.30. The van der Waals surface area contributed by atoms with Crippen molar-refractivity contribution in [3.8, 4) is 39.5 Å². The molecule has 0 spiro atoms. The van der Waals surface area contributed by atoms with Crippen LogP contribution in [0.15, 0.2) is 88.3 Å². The first kappa shape index (κ1) is 32.1. The number of oxazole rings is 1. The third-order valence-electron chi connectivity index (χ3n) is 7.07. The molecule has 1 atom stereocenters. The molecule has 0 aliphatic carbocycles. The highest BCUT2D eigenvalue weighted by Crippen LogP contribution is 2.44. The summed E-state index contributed by atoms with van der Waals surface area (Å²) in [6.45, 7) is 3.64. The molecular formula is C31H27F6N3O4S. The minimum absolute atomic E-state index is 0.0736. The van der Waals surface area contributed by atoms with Crippen molar-refractivity contribution in [3.63, 3.8) is 0 Å². The molecule has 0 N–H and O–H groups in total. The number of likely N-dealkylation sites (N-methyl/N-ethyl adjacent to an activating group) is 1. The lowest BCUT2D eigenvalue weighted by molar-refractivity contribution is -0.274. The number of ether oxygens (including phenoxy) is 1. The van der Waals surface area contributed by atoms with Crippen molar-refractivity contribution < 1.29 is 43.9 Å². The lowest BCUT2D eigenvalue weighted by Crippen LogP contribution is -2.45. The van der Waals surface area contributed by atoms with Crippen LogP contribution in [0, 0.1) is 0 Å². The molecule has 0 saturated carbocycles. The Kier molecular flexibility index (Phi) is 8.25. The average molecular weight is 652 g/mol. The standard InChI is InChI=1S/C31H27F6N3O4S/c1-18(2)29-38-27(19-8-11-22(12-9-19)44-31(35,36)37)28(43-29)24-17-21(20-6-5-7-23(16-20)45(4,41)42)10-13-25(24)40-15-14-26(39(40)3)30(32,33)34/h5-18,26H,1-4H3. The predicted octanol–water partition coefficient (Wildman–Crippen LogP) is 8.21. The number of anilines is 1. The molecule has 1 aliphatic rings. The third-order valence-corrected chi connectivity index (χ3v) is 8.18. The molecule has 0 bridgehead atoms. The fourth-order valence-electron chi connectivity index (χ4n) is 4.88. The maximum Gasteiger partial charge on any atom is 0.573 e. The molecule has 1 unspecified atom stereocenters. The molecule has 7 nitrogen and oxygen atoms in total. The molecular weight excluding hydrogens is 624 g/mol. The molecule has 45 heavy (non-hydrogen) atoms. The van der Waals surface area contributed by atoms with E-state index in [0.717, 1.165) is 29.5 Å². The summed E-state index contributed by atoms with van der Waals surface area (Å²) in [5.74, 6) is -0.246. The van der Waals surface area contributed by atoms with Gasteiger partial charge in [-0.15, -0.1) is 13.2 Å². The zero-order valence-corrected chi connectivity index (χ0v) is 25.1. The second-order valence-corrected chi connectivity index (χ2v) is 12.8. The topological polar surface area (TPSA) is 75.9 Å². The predicted molar refractivity (Wildman–Crippen MR) is 156 cm³/mol. The largest absolute Gasteiger partial charge is 0.573 e. The molecule has 2 heterocycles. The van der Waals surface area contributed by atoms with Crippen molar-refractivity contribution >= 4 is 15.5 Å². The van der Waals surface area contributed by atoms with Crippen molar-refractivity contribution in [3.05, 3.63) is 84.9 Å². The SMILES string of the molecule is CC(C)c1nc(-c2ccc(OC(F)(F)F)cc2)c(-c2cc(-c3cccc(S(C)(=O)=O)c3)ccc2N2C=CC(C(F)(F)F)N2C)o1. The van der Waals surface area contributed by atoms with Crippen LogP contribution >= 0.6 is 0 Å². The van der Waals surface area contributed by atoms with Crippen molar-refractivity contribution in [2.45, 2.75) is 43.2 Å². The molecule has 0 fully saturated rings. The molecule has 3 aromatic carbocycles. The zero-order valence-electron chi connectivity index (χ0n) is 24.3. The first-order chi connectivity index (χ1) is 20.9. The smallest absolute Gasteiger partial charge is 0.440 e. The summed E-state index contributed by atoms with van der Waals surface area (Å²) in [6.07, 6.45) is -6.09. The Morgan fingerprint density at radius 1 is 0.911 bits per heavy atom. The van der Waals surface area contributed by atoms with Crippen LogP contribution in [-0.4, -0.2) is 50.3 Å². The number of benzene rings is 3. The second-order valence-electron chi connectivity index (χ2n) is 10.7. The first-order valence-electron chi connectivity index (χ1n) is 13.5. The lowest BCUT2D eigenvalue weighted by Gasteiger charge is -2.32. The van der Waals surface area contributed by atoms with Crippen LogP contribution in [0.2, 0.25) is 0 Å². The molecule has 1 aromatic heterocycles. The summed E-state index contributed by atoms with van der Waals surface area (Å²) in [4.78, 5) is 4.68. The molecule has 1 aliphatic heterocycles. The van der Waals surface area contributed by atoms with E-state index in [4.69, 9.17) is 4.42 Å². The summed E-state index contributed by atoms with van der Waals surface area (Å²) in [5, 5.41) is 2.32. The third kappa shape index (κ3) is 6.86. The van der Waals surface area contributed by atoms with Gasteiger partial charge in [-0.05, 0) is 65.7 Å². The van der Waals surface area contributed by atoms with Gasteiger partial charge in [0.25, 0.3) is 0 Å². The van der Waals surface area contributed by atoms with E-state index >= 15 is 0 Å². The summed E-state index contributed by atoms with van der Waals surface area (Å²) >= 11 is 0. The second kappa shape index (κ2) is 11.6. The molecule has 238 valence electrons. The van der Waals surface area contributed by atoms with Gasteiger partial charge in [-0.25, -0.2) is 18.4 Å². The number of rotatable bonds is 7. The normalized spacial score (nSPS) is 16.2. The Labute approximate surface area is 255 Å². The van der Waals surface area contributed by atoms with Crippen LogP contribution < -0.4 is 9.75 Å². The Balaban J connectivity index is 1.71. The van der Waals surface area contributed by atoms with Crippen LogP contribution in [0.4, 0.5) is 32.0 Å². The van der Waals surface area contributed by atoms with Gasteiger partial charge in [0.15, 0.2) is 21.5 Å². The van der Waals surface area contributed by atoms with Gasteiger partial charge in [0.05, 0.1) is 10.6 Å². The van der Waals surface area contributed by atoms with E-state index in [1.54, 1.807) is 30.3 Å². The summed E-state index contributed by atoms with van der Waals surface area (Å²) in [6, 6.07) is 14.1. The molecule has 14 heteroatoms. The quantitative estimate of drug-likeness (QED) is 0.187. The minimum atomic E-state index is -4.89. The van der Waals surface area contributed by atoms with E-state index in [1.165, 1.54) is 42.5 Å². The Morgan fingerprint density at radius 2 is 1.56 bits per heavy atom. The van der Waals surface area contributed by atoms with Crippen molar-refractivity contribution in [1.29, 1.82) is 0 Å². The number of nitrogens with zero attached hydrogens (tertiary/aromatic N) is 3. The van der Waals surface area contributed by atoms with Gasteiger partial charge >= 0.3 is 12.5 Å². The number of sulfone groups is 1. The van der Waals surface area contributed by atoms with Crippen molar-refractivity contribution in [2.75, 3.05) is 18.3 Å². The number of hydrazine groups is 1. The van der Waals surface area contributed by atoms with Crippen LogP contribution in [0.3, 0.4) is 0 Å². The average Bonchev–Trinajstić information content (AvgIpc) is 3.56. The number of alkyl halides is 6.